The highest BCUT2D eigenvalue weighted by atomic mass is 16.5. The maximum atomic E-state index is 12.2. The zero-order valence-corrected chi connectivity index (χ0v) is 12.3. The second kappa shape index (κ2) is 9.13. The second-order valence-electron chi connectivity index (χ2n) is 4.73. The third-order valence-corrected chi connectivity index (χ3v) is 3.13. The van der Waals surface area contributed by atoms with E-state index in [1.807, 2.05) is 30.3 Å². The standard InChI is InChI=1S/C16H23NO3/c1-3-4-10-15(18)17(12-11-16(19)20-2)13-14-8-6-5-7-9-14/h5-9H,3-4,10-13H2,1-2H3. The lowest BCUT2D eigenvalue weighted by Crippen LogP contribution is -2.32. The molecule has 1 amide bonds. The van der Waals surface area contributed by atoms with Crippen molar-refractivity contribution in [1.29, 1.82) is 0 Å². The van der Waals surface area contributed by atoms with E-state index in [-0.39, 0.29) is 18.3 Å². The topological polar surface area (TPSA) is 46.6 Å². The van der Waals surface area contributed by atoms with Crippen LogP contribution in [0.1, 0.15) is 38.2 Å². The zero-order chi connectivity index (χ0) is 14.8. The van der Waals surface area contributed by atoms with Gasteiger partial charge in [-0.15, -0.1) is 0 Å². The Kier molecular flexibility index (Phi) is 7.40. The number of rotatable bonds is 8. The van der Waals surface area contributed by atoms with Gasteiger partial charge in [0, 0.05) is 19.5 Å². The van der Waals surface area contributed by atoms with Crippen LogP contribution < -0.4 is 0 Å². The van der Waals surface area contributed by atoms with Gasteiger partial charge in [0.05, 0.1) is 13.5 Å². The van der Waals surface area contributed by atoms with Gasteiger partial charge in [0.2, 0.25) is 5.91 Å². The summed E-state index contributed by atoms with van der Waals surface area (Å²) in [6.07, 6.45) is 2.63. The van der Waals surface area contributed by atoms with E-state index in [9.17, 15) is 9.59 Å². The van der Waals surface area contributed by atoms with Crippen LogP contribution in [0.4, 0.5) is 0 Å². The SMILES string of the molecule is CCCCC(=O)N(CCC(=O)OC)Cc1ccccc1. The first-order chi connectivity index (χ1) is 9.67. The third kappa shape index (κ3) is 5.87. The molecule has 0 saturated heterocycles. The molecule has 0 aliphatic carbocycles. The van der Waals surface area contributed by atoms with Gasteiger partial charge >= 0.3 is 5.97 Å². The summed E-state index contributed by atoms with van der Waals surface area (Å²) >= 11 is 0. The molecule has 0 saturated carbocycles. The summed E-state index contributed by atoms with van der Waals surface area (Å²) in [7, 11) is 1.36. The molecule has 0 N–H and O–H groups in total. The Balaban J connectivity index is 2.63. The first-order valence-electron chi connectivity index (χ1n) is 7.06. The number of hydrogen-bond acceptors (Lipinski definition) is 3. The van der Waals surface area contributed by atoms with Gasteiger partial charge in [0.25, 0.3) is 0 Å². The van der Waals surface area contributed by atoms with Crippen LogP contribution >= 0.6 is 0 Å². The molecule has 0 atom stereocenters. The highest BCUT2D eigenvalue weighted by Crippen LogP contribution is 2.09. The van der Waals surface area contributed by atoms with E-state index in [0.29, 0.717) is 19.5 Å². The summed E-state index contributed by atoms with van der Waals surface area (Å²) in [4.78, 5) is 25.2. The summed E-state index contributed by atoms with van der Waals surface area (Å²) in [5, 5.41) is 0. The number of carbonyl (C=O) groups excluding carboxylic acids is 2. The smallest absolute Gasteiger partial charge is 0.307 e. The van der Waals surface area contributed by atoms with E-state index >= 15 is 0 Å². The Labute approximate surface area is 120 Å². The average molecular weight is 277 g/mol. The minimum Gasteiger partial charge on any atom is -0.469 e. The van der Waals surface area contributed by atoms with Crippen molar-refractivity contribution >= 4 is 11.9 Å². The summed E-state index contributed by atoms with van der Waals surface area (Å²) in [5.74, 6) is -0.189. The number of ether oxygens (including phenoxy) is 1. The van der Waals surface area contributed by atoms with Crippen molar-refractivity contribution in [2.45, 2.75) is 39.2 Å². The van der Waals surface area contributed by atoms with Crippen molar-refractivity contribution in [3.63, 3.8) is 0 Å². The molecule has 4 heteroatoms. The van der Waals surface area contributed by atoms with Gasteiger partial charge in [0.1, 0.15) is 0 Å². The minimum absolute atomic E-state index is 0.0969. The highest BCUT2D eigenvalue weighted by Gasteiger charge is 2.15. The Morgan fingerprint density at radius 1 is 1.15 bits per heavy atom. The van der Waals surface area contributed by atoms with Crippen LogP contribution in [0.2, 0.25) is 0 Å². The molecule has 1 aromatic rings. The molecule has 0 aromatic heterocycles. The summed E-state index contributed by atoms with van der Waals surface area (Å²) in [5.41, 5.74) is 1.07. The van der Waals surface area contributed by atoms with E-state index in [0.717, 1.165) is 18.4 Å². The lowest BCUT2D eigenvalue weighted by molar-refractivity contribution is -0.142. The molecule has 0 heterocycles. The molecule has 1 aromatic carbocycles. The molecule has 110 valence electrons. The first-order valence-corrected chi connectivity index (χ1v) is 7.06. The number of unbranched alkanes of at least 4 members (excludes halogenated alkanes) is 1. The maximum Gasteiger partial charge on any atom is 0.307 e. The lowest BCUT2D eigenvalue weighted by Gasteiger charge is -2.22. The first kappa shape index (κ1) is 16.2. The van der Waals surface area contributed by atoms with E-state index < -0.39 is 0 Å². The molecule has 0 aliphatic heterocycles. The van der Waals surface area contributed by atoms with Crippen LogP contribution in [0, 0.1) is 0 Å². The molecule has 20 heavy (non-hydrogen) atoms. The Morgan fingerprint density at radius 2 is 1.85 bits per heavy atom. The normalized spacial score (nSPS) is 10.1. The van der Waals surface area contributed by atoms with Crippen LogP contribution in [-0.4, -0.2) is 30.4 Å². The van der Waals surface area contributed by atoms with Gasteiger partial charge in [0.15, 0.2) is 0 Å². The van der Waals surface area contributed by atoms with Crippen molar-refractivity contribution in [2.24, 2.45) is 0 Å². The second-order valence-corrected chi connectivity index (χ2v) is 4.73. The molecule has 0 bridgehead atoms. The molecule has 0 aliphatic rings. The van der Waals surface area contributed by atoms with Crippen molar-refractivity contribution in [3.8, 4) is 0 Å². The zero-order valence-electron chi connectivity index (χ0n) is 12.3. The van der Waals surface area contributed by atoms with Gasteiger partial charge in [-0.2, -0.15) is 0 Å². The van der Waals surface area contributed by atoms with Crippen LogP contribution in [0.25, 0.3) is 0 Å². The highest BCUT2D eigenvalue weighted by molar-refractivity contribution is 5.77. The fourth-order valence-corrected chi connectivity index (χ4v) is 1.91. The lowest BCUT2D eigenvalue weighted by atomic mass is 10.1. The summed E-state index contributed by atoms with van der Waals surface area (Å²) < 4.78 is 4.63. The van der Waals surface area contributed by atoms with Gasteiger partial charge in [-0.25, -0.2) is 0 Å². The van der Waals surface area contributed by atoms with Crippen molar-refractivity contribution < 1.29 is 14.3 Å². The minimum atomic E-state index is -0.286. The Bertz CT molecular complexity index is 417. The molecule has 1 rings (SSSR count). The largest absolute Gasteiger partial charge is 0.469 e. The number of hydrogen-bond donors (Lipinski definition) is 0. The Hall–Kier alpha value is -1.84. The van der Waals surface area contributed by atoms with Crippen LogP contribution in [0.15, 0.2) is 30.3 Å². The molecule has 0 fully saturated rings. The maximum absolute atomic E-state index is 12.2. The number of methoxy groups -OCH3 is 1. The third-order valence-electron chi connectivity index (χ3n) is 3.13. The van der Waals surface area contributed by atoms with Gasteiger partial charge < -0.3 is 9.64 Å². The predicted molar refractivity (Wildman–Crippen MR) is 78.0 cm³/mol. The molecular formula is C16H23NO3. The monoisotopic (exact) mass is 277 g/mol. The number of nitrogens with zero attached hydrogens (tertiary/aromatic N) is 1. The van der Waals surface area contributed by atoms with Gasteiger partial charge in [-0.3, -0.25) is 9.59 Å². The number of carbonyl (C=O) groups is 2. The quantitative estimate of drug-likeness (QED) is 0.686. The molecular weight excluding hydrogens is 254 g/mol. The van der Waals surface area contributed by atoms with Gasteiger partial charge in [-0.05, 0) is 12.0 Å². The number of amides is 1. The van der Waals surface area contributed by atoms with E-state index in [1.165, 1.54) is 7.11 Å². The van der Waals surface area contributed by atoms with E-state index in [4.69, 9.17) is 0 Å². The molecule has 0 radical (unpaired) electrons. The van der Waals surface area contributed by atoms with Crippen LogP contribution in [-0.2, 0) is 20.9 Å². The molecule has 0 unspecified atom stereocenters. The van der Waals surface area contributed by atoms with E-state index in [1.54, 1.807) is 4.90 Å². The summed E-state index contributed by atoms with van der Waals surface area (Å²) in [6, 6.07) is 9.81. The predicted octanol–water partition coefficient (Wildman–Crippen LogP) is 2.77. The average Bonchev–Trinajstić information content (AvgIpc) is 2.49. The van der Waals surface area contributed by atoms with Crippen molar-refractivity contribution in [2.75, 3.05) is 13.7 Å². The summed E-state index contributed by atoms with van der Waals surface area (Å²) in [6.45, 7) is 3.01. The molecule has 0 spiro atoms. The molecule has 4 nitrogen and oxygen atoms in total. The Morgan fingerprint density at radius 3 is 2.45 bits per heavy atom. The number of esters is 1. The van der Waals surface area contributed by atoms with Crippen LogP contribution in [0.3, 0.4) is 0 Å². The van der Waals surface area contributed by atoms with Crippen molar-refractivity contribution in [3.05, 3.63) is 35.9 Å². The fourth-order valence-electron chi connectivity index (χ4n) is 1.91. The fraction of sp³-hybridized carbons (Fsp3) is 0.500. The number of benzene rings is 1. The van der Waals surface area contributed by atoms with E-state index in [2.05, 4.69) is 11.7 Å². The van der Waals surface area contributed by atoms with Crippen LogP contribution in [0.5, 0.6) is 0 Å². The van der Waals surface area contributed by atoms with Crippen molar-refractivity contribution in [1.82, 2.24) is 4.90 Å². The van der Waals surface area contributed by atoms with Gasteiger partial charge in [-0.1, -0.05) is 43.7 Å².